The molecule has 2 rings (SSSR count). The van der Waals surface area contributed by atoms with E-state index < -0.39 is 5.41 Å². The van der Waals surface area contributed by atoms with E-state index >= 15 is 0 Å². The molecule has 1 amide bonds. The maximum Gasteiger partial charge on any atom is 0.229 e. The lowest BCUT2D eigenvalue weighted by Gasteiger charge is -2.17. The molecule has 2 N–H and O–H groups in total. The van der Waals surface area contributed by atoms with Crippen LogP contribution in [0.15, 0.2) is 24.3 Å². The van der Waals surface area contributed by atoms with Crippen LogP contribution in [0.25, 0.3) is 0 Å². The zero-order chi connectivity index (χ0) is 14.8. The van der Waals surface area contributed by atoms with Gasteiger partial charge in [-0.2, -0.15) is 5.26 Å². The Morgan fingerprint density at radius 2 is 2.05 bits per heavy atom. The highest BCUT2D eigenvalue weighted by atomic mass is 16.1. The van der Waals surface area contributed by atoms with Crippen molar-refractivity contribution in [1.29, 1.82) is 5.26 Å². The maximum absolute atomic E-state index is 12.2. The SMILES string of the molecule is CC1NCCC1C(=O)Nc1ccc(C(C)(C)C#N)cc1. The van der Waals surface area contributed by atoms with Gasteiger partial charge in [0.2, 0.25) is 5.91 Å². The molecular weight excluding hydrogens is 250 g/mol. The van der Waals surface area contributed by atoms with E-state index in [0.717, 1.165) is 24.2 Å². The number of rotatable bonds is 3. The van der Waals surface area contributed by atoms with E-state index in [4.69, 9.17) is 5.26 Å². The lowest BCUT2D eigenvalue weighted by Crippen LogP contribution is -2.32. The third-order valence-corrected chi connectivity index (χ3v) is 4.02. The average molecular weight is 271 g/mol. The molecule has 0 bridgehead atoms. The van der Waals surface area contributed by atoms with E-state index in [1.165, 1.54) is 0 Å². The van der Waals surface area contributed by atoms with Gasteiger partial charge in [-0.1, -0.05) is 12.1 Å². The summed E-state index contributed by atoms with van der Waals surface area (Å²) in [6, 6.07) is 10.0. The fourth-order valence-corrected chi connectivity index (χ4v) is 2.49. The predicted octanol–water partition coefficient (Wildman–Crippen LogP) is 2.42. The van der Waals surface area contributed by atoms with Crippen molar-refractivity contribution >= 4 is 11.6 Å². The number of amides is 1. The van der Waals surface area contributed by atoms with Gasteiger partial charge in [0.25, 0.3) is 0 Å². The Balaban J connectivity index is 2.04. The predicted molar refractivity (Wildman–Crippen MR) is 79.3 cm³/mol. The summed E-state index contributed by atoms with van der Waals surface area (Å²) in [5, 5.41) is 15.3. The molecule has 2 unspecified atom stereocenters. The number of nitrogens with zero attached hydrogens (tertiary/aromatic N) is 1. The smallest absolute Gasteiger partial charge is 0.229 e. The second-order valence-corrected chi connectivity index (χ2v) is 5.94. The summed E-state index contributed by atoms with van der Waals surface area (Å²) in [7, 11) is 0. The zero-order valence-electron chi connectivity index (χ0n) is 12.2. The van der Waals surface area contributed by atoms with Gasteiger partial charge in [0, 0.05) is 11.7 Å². The van der Waals surface area contributed by atoms with Crippen LogP contribution in [0.2, 0.25) is 0 Å². The fourth-order valence-electron chi connectivity index (χ4n) is 2.49. The molecule has 0 aliphatic carbocycles. The van der Waals surface area contributed by atoms with Crippen LogP contribution in [-0.4, -0.2) is 18.5 Å². The van der Waals surface area contributed by atoms with Crippen LogP contribution in [0.5, 0.6) is 0 Å². The van der Waals surface area contributed by atoms with Crippen molar-refractivity contribution in [3.05, 3.63) is 29.8 Å². The summed E-state index contributed by atoms with van der Waals surface area (Å²) in [4.78, 5) is 12.2. The maximum atomic E-state index is 12.2. The average Bonchev–Trinajstić information content (AvgIpc) is 2.85. The molecule has 0 aromatic heterocycles. The van der Waals surface area contributed by atoms with Crippen molar-refractivity contribution < 1.29 is 4.79 Å². The van der Waals surface area contributed by atoms with E-state index in [0.29, 0.717) is 0 Å². The lowest BCUT2D eigenvalue weighted by molar-refractivity contribution is -0.119. The molecule has 1 aliphatic heterocycles. The number of anilines is 1. The molecule has 4 heteroatoms. The van der Waals surface area contributed by atoms with Crippen molar-refractivity contribution in [2.75, 3.05) is 11.9 Å². The number of carbonyl (C=O) groups is 1. The summed E-state index contributed by atoms with van der Waals surface area (Å²) in [6.07, 6.45) is 0.881. The van der Waals surface area contributed by atoms with E-state index in [-0.39, 0.29) is 17.9 Å². The number of hydrogen-bond donors (Lipinski definition) is 2. The van der Waals surface area contributed by atoms with Gasteiger partial charge in [-0.15, -0.1) is 0 Å². The molecule has 0 radical (unpaired) electrons. The molecule has 106 valence electrons. The minimum Gasteiger partial charge on any atom is -0.326 e. The Morgan fingerprint density at radius 1 is 1.40 bits per heavy atom. The number of carbonyl (C=O) groups excluding carboxylic acids is 1. The quantitative estimate of drug-likeness (QED) is 0.887. The van der Waals surface area contributed by atoms with Gasteiger partial charge in [0.05, 0.1) is 17.4 Å². The molecule has 20 heavy (non-hydrogen) atoms. The Bertz CT molecular complexity index is 528. The summed E-state index contributed by atoms with van der Waals surface area (Å²) >= 11 is 0. The fraction of sp³-hybridized carbons (Fsp3) is 0.500. The Kier molecular flexibility index (Phi) is 4.10. The van der Waals surface area contributed by atoms with Crippen molar-refractivity contribution in [2.45, 2.75) is 38.6 Å². The third-order valence-electron chi connectivity index (χ3n) is 4.02. The highest BCUT2D eigenvalue weighted by Gasteiger charge is 2.29. The number of hydrogen-bond acceptors (Lipinski definition) is 3. The minimum atomic E-state index is -0.508. The van der Waals surface area contributed by atoms with Crippen molar-refractivity contribution in [3.8, 4) is 6.07 Å². The van der Waals surface area contributed by atoms with Crippen LogP contribution in [-0.2, 0) is 10.2 Å². The molecule has 1 fully saturated rings. The highest BCUT2D eigenvalue weighted by molar-refractivity contribution is 5.93. The molecule has 1 saturated heterocycles. The summed E-state index contributed by atoms with van der Waals surface area (Å²) in [5.74, 6) is 0.0972. The van der Waals surface area contributed by atoms with Crippen LogP contribution in [0.1, 0.15) is 32.8 Å². The summed E-state index contributed by atoms with van der Waals surface area (Å²) in [5.41, 5.74) is 1.23. The Hall–Kier alpha value is -1.86. The van der Waals surface area contributed by atoms with Gasteiger partial charge in [-0.25, -0.2) is 0 Å². The summed E-state index contributed by atoms with van der Waals surface area (Å²) < 4.78 is 0. The first-order valence-corrected chi connectivity index (χ1v) is 7.00. The van der Waals surface area contributed by atoms with E-state index in [2.05, 4.69) is 16.7 Å². The summed E-state index contributed by atoms with van der Waals surface area (Å²) in [6.45, 7) is 6.70. The van der Waals surface area contributed by atoms with Crippen LogP contribution in [0.3, 0.4) is 0 Å². The second-order valence-electron chi connectivity index (χ2n) is 5.94. The molecule has 4 nitrogen and oxygen atoms in total. The molecule has 2 atom stereocenters. The van der Waals surface area contributed by atoms with Crippen LogP contribution in [0.4, 0.5) is 5.69 Å². The molecular formula is C16H21N3O. The monoisotopic (exact) mass is 271 g/mol. The molecule has 0 spiro atoms. The topological polar surface area (TPSA) is 64.9 Å². The molecule has 1 heterocycles. The Labute approximate surface area is 120 Å². The molecule has 1 aromatic carbocycles. The van der Waals surface area contributed by atoms with Crippen molar-refractivity contribution in [1.82, 2.24) is 5.32 Å². The second kappa shape index (κ2) is 5.64. The Morgan fingerprint density at radius 3 is 2.55 bits per heavy atom. The first kappa shape index (κ1) is 14.5. The zero-order valence-corrected chi connectivity index (χ0v) is 12.2. The van der Waals surface area contributed by atoms with Gasteiger partial charge in [-0.05, 0) is 51.4 Å². The highest BCUT2D eigenvalue weighted by Crippen LogP contribution is 2.24. The lowest BCUT2D eigenvalue weighted by atomic mass is 9.86. The number of nitrogens with one attached hydrogen (secondary N) is 2. The number of benzene rings is 1. The normalized spacial score (nSPS) is 22.3. The van der Waals surface area contributed by atoms with E-state index in [1.54, 1.807) is 0 Å². The van der Waals surface area contributed by atoms with E-state index in [1.807, 2.05) is 45.0 Å². The van der Waals surface area contributed by atoms with Gasteiger partial charge in [0.1, 0.15) is 0 Å². The minimum absolute atomic E-state index is 0.0326. The molecule has 1 aromatic rings. The molecule has 0 saturated carbocycles. The van der Waals surface area contributed by atoms with E-state index in [9.17, 15) is 4.79 Å². The van der Waals surface area contributed by atoms with Crippen molar-refractivity contribution in [3.63, 3.8) is 0 Å². The van der Waals surface area contributed by atoms with Gasteiger partial charge in [0.15, 0.2) is 0 Å². The first-order valence-electron chi connectivity index (χ1n) is 7.00. The standard InChI is InChI=1S/C16H21N3O/c1-11-14(8-9-18-11)15(20)19-13-6-4-12(5-7-13)16(2,3)10-17/h4-7,11,14,18H,8-9H2,1-3H3,(H,19,20). The number of nitriles is 1. The van der Waals surface area contributed by atoms with Gasteiger partial charge in [-0.3, -0.25) is 4.79 Å². The third kappa shape index (κ3) is 3.00. The van der Waals surface area contributed by atoms with Gasteiger partial charge >= 0.3 is 0 Å². The van der Waals surface area contributed by atoms with Crippen LogP contribution in [0, 0.1) is 17.2 Å². The largest absolute Gasteiger partial charge is 0.326 e. The van der Waals surface area contributed by atoms with Gasteiger partial charge < -0.3 is 10.6 Å². The molecule has 1 aliphatic rings. The van der Waals surface area contributed by atoms with Crippen LogP contribution >= 0.6 is 0 Å². The van der Waals surface area contributed by atoms with Crippen molar-refractivity contribution in [2.24, 2.45) is 5.92 Å². The van der Waals surface area contributed by atoms with Crippen LogP contribution < -0.4 is 10.6 Å². The first-order chi connectivity index (χ1) is 9.44.